The van der Waals surface area contributed by atoms with Crippen LogP contribution in [0, 0.1) is 5.92 Å². The van der Waals surface area contributed by atoms with Crippen molar-refractivity contribution in [2.45, 2.75) is 33.3 Å². The van der Waals surface area contributed by atoms with Crippen LogP contribution in [0.2, 0.25) is 0 Å². The molecule has 0 heterocycles. The van der Waals surface area contributed by atoms with E-state index in [1.807, 2.05) is 27.7 Å². The molecule has 0 aromatic rings. The summed E-state index contributed by atoms with van der Waals surface area (Å²) < 4.78 is 9.99. The maximum absolute atomic E-state index is 11.2. The highest BCUT2D eigenvalue weighted by Gasteiger charge is 2.15. The Balaban J connectivity index is 3.55. The SMILES string of the molecule is COCC(C)CNNC(=O)OC(C)(C)C. The van der Waals surface area contributed by atoms with Crippen LogP contribution >= 0.6 is 0 Å². The van der Waals surface area contributed by atoms with Gasteiger partial charge in [-0.15, -0.1) is 0 Å². The monoisotopic (exact) mass is 218 g/mol. The second kappa shape index (κ2) is 6.63. The molecule has 5 nitrogen and oxygen atoms in total. The second-order valence-electron chi connectivity index (χ2n) is 4.57. The van der Waals surface area contributed by atoms with Crippen molar-refractivity contribution in [2.24, 2.45) is 5.92 Å². The summed E-state index contributed by atoms with van der Waals surface area (Å²) in [5.74, 6) is 0.338. The van der Waals surface area contributed by atoms with Crippen molar-refractivity contribution in [3.63, 3.8) is 0 Å². The Labute approximate surface area is 91.5 Å². The largest absolute Gasteiger partial charge is 0.443 e. The van der Waals surface area contributed by atoms with E-state index < -0.39 is 11.7 Å². The van der Waals surface area contributed by atoms with Crippen LogP contribution in [0.1, 0.15) is 27.7 Å². The molecule has 0 aliphatic carbocycles. The molecule has 2 N–H and O–H groups in total. The number of amides is 1. The predicted octanol–water partition coefficient (Wildman–Crippen LogP) is 1.30. The van der Waals surface area contributed by atoms with Gasteiger partial charge in [-0.05, 0) is 26.7 Å². The lowest BCUT2D eigenvalue weighted by Crippen LogP contribution is -2.43. The van der Waals surface area contributed by atoms with Gasteiger partial charge >= 0.3 is 6.09 Å². The number of rotatable bonds is 5. The molecule has 1 atom stereocenters. The van der Waals surface area contributed by atoms with Crippen molar-refractivity contribution in [1.82, 2.24) is 10.9 Å². The average Bonchev–Trinajstić information content (AvgIpc) is 2.00. The van der Waals surface area contributed by atoms with Crippen molar-refractivity contribution in [1.29, 1.82) is 0 Å². The van der Waals surface area contributed by atoms with Crippen LogP contribution in [0.5, 0.6) is 0 Å². The van der Waals surface area contributed by atoms with E-state index in [0.29, 0.717) is 19.1 Å². The Morgan fingerprint density at radius 2 is 2.00 bits per heavy atom. The van der Waals surface area contributed by atoms with Crippen LogP contribution < -0.4 is 10.9 Å². The summed E-state index contributed by atoms with van der Waals surface area (Å²) in [5, 5.41) is 0. The molecule has 0 saturated carbocycles. The van der Waals surface area contributed by atoms with Crippen molar-refractivity contribution in [3.05, 3.63) is 0 Å². The molecule has 0 bridgehead atoms. The lowest BCUT2D eigenvalue weighted by molar-refractivity contribution is 0.0490. The number of methoxy groups -OCH3 is 1. The van der Waals surface area contributed by atoms with Gasteiger partial charge in [-0.2, -0.15) is 0 Å². The van der Waals surface area contributed by atoms with Crippen LogP contribution in [0.15, 0.2) is 0 Å². The zero-order valence-electron chi connectivity index (χ0n) is 10.2. The van der Waals surface area contributed by atoms with E-state index in [1.165, 1.54) is 0 Å². The maximum Gasteiger partial charge on any atom is 0.422 e. The normalized spacial score (nSPS) is 13.4. The van der Waals surface area contributed by atoms with E-state index in [9.17, 15) is 4.79 Å². The minimum absolute atomic E-state index is 0.338. The fourth-order valence-electron chi connectivity index (χ4n) is 0.944. The van der Waals surface area contributed by atoms with Gasteiger partial charge in [-0.1, -0.05) is 6.92 Å². The summed E-state index contributed by atoms with van der Waals surface area (Å²) in [4.78, 5) is 11.2. The average molecular weight is 218 g/mol. The number of hydrogen-bond acceptors (Lipinski definition) is 4. The lowest BCUT2D eigenvalue weighted by atomic mass is 10.2. The molecule has 0 aromatic heterocycles. The van der Waals surface area contributed by atoms with Gasteiger partial charge < -0.3 is 9.47 Å². The Bertz CT molecular complexity index is 190. The molecule has 0 rings (SSSR count). The molecule has 90 valence electrons. The third-order valence-electron chi connectivity index (χ3n) is 1.49. The Hall–Kier alpha value is -0.810. The van der Waals surface area contributed by atoms with Crippen molar-refractivity contribution in [3.8, 4) is 0 Å². The van der Waals surface area contributed by atoms with Gasteiger partial charge in [0.25, 0.3) is 0 Å². The first-order valence-electron chi connectivity index (χ1n) is 5.06. The number of nitrogens with one attached hydrogen (secondary N) is 2. The van der Waals surface area contributed by atoms with E-state index in [0.717, 1.165) is 0 Å². The van der Waals surface area contributed by atoms with Crippen molar-refractivity contribution < 1.29 is 14.3 Å². The smallest absolute Gasteiger partial charge is 0.422 e. The number of ether oxygens (including phenoxy) is 2. The minimum atomic E-state index is -0.468. The third-order valence-corrected chi connectivity index (χ3v) is 1.49. The first kappa shape index (κ1) is 14.2. The topological polar surface area (TPSA) is 59.6 Å². The first-order chi connectivity index (χ1) is 6.85. The van der Waals surface area contributed by atoms with Crippen LogP contribution in [0.25, 0.3) is 0 Å². The summed E-state index contributed by atoms with van der Waals surface area (Å²) in [5.41, 5.74) is 4.78. The summed E-state index contributed by atoms with van der Waals surface area (Å²) in [6.07, 6.45) is -0.466. The van der Waals surface area contributed by atoms with E-state index in [-0.39, 0.29) is 0 Å². The molecule has 0 aliphatic rings. The van der Waals surface area contributed by atoms with Gasteiger partial charge in [0.05, 0.1) is 6.61 Å². The maximum atomic E-state index is 11.2. The van der Waals surface area contributed by atoms with E-state index >= 15 is 0 Å². The number of carbonyl (C=O) groups excluding carboxylic acids is 1. The quantitative estimate of drug-likeness (QED) is 0.683. The molecule has 0 fully saturated rings. The number of carbonyl (C=O) groups is 1. The van der Waals surface area contributed by atoms with Gasteiger partial charge in [-0.25, -0.2) is 10.2 Å². The highest BCUT2D eigenvalue weighted by molar-refractivity contribution is 5.66. The molecule has 0 aliphatic heterocycles. The summed E-state index contributed by atoms with van der Waals surface area (Å²) in [6, 6.07) is 0. The van der Waals surface area contributed by atoms with Crippen LogP contribution in [-0.4, -0.2) is 32.0 Å². The second-order valence-corrected chi connectivity index (χ2v) is 4.57. The standard InChI is InChI=1S/C10H22N2O3/c1-8(7-14-5)6-11-12-9(13)15-10(2,3)4/h8,11H,6-7H2,1-5H3,(H,12,13). The molecule has 15 heavy (non-hydrogen) atoms. The molecule has 0 aromatic carbocycles. The Morgan fingerprint density at radius 1 is 1.40 bits per heavy atom. The molecular formula is C10H22N2O3. The van der Waals surface area contributed by atoms with E-state index in [4.69, 9.17) is 9.47 Å². The van der Waals surface area contributed by atoms with E-state index in [1.54, 1.807) is 7.11 Å². The van der Waals surface area contributed by atoms with Gasteiger partial charge in [0.1, 0.15) is 5.60 Å². The molecule has 5 heteroatoms. The molecule has 1 unspecified atom stereocenters. The van der Waals surface area contributed by atoms with Crippen molar-refractivity contribution in [2.75, 3.05) is 20.3 Å². The predicted molar refractivity (Wildman–Crippen MR) is 58.4 cm³/mol. The molecule has 0 spiro atoms. The van der Waals surface area contributed by atoms with Crippen molar-refractivity contribution >= 4 is 6.09 Å². The lowest BCUT2D eigenvalue weighted by Gasteiger charge is -2.20. The summed E-state index contributed by atoms with van der Waals surface area (Å²) >= 11 is 0. The molecule has 1 amide bonds. The Morgan fingerprint density at radius 3 is 2.47 bits per heavy atom. The Kier molecular flexibility index (Phi) is 6.27. The fraction of sp³-hybridized carbons (Fsp3) is 0.900. The summed E-state index contributed by atoms with van der Waals surface area (Å²) in [7, 11) is 1.65. The molecular weight excluding hydrogens is 196 g/mol. The van der Waals surface area contributed by atoms with Gasteiger partial charge in [0.15, 0.2) is 0 Å². The zero-order valence-corrected chi connectivity index (χ0v) is 10.2. The van der Waals surface area contributed by atoms with E-state index in [2.05, 4.69) is 10.9 Å². The van der Waals surface area contributed by atoms with Crippen LogP contribution in [0.3, 0.4) is 0 Å². The van der Waals surface area contributed by atoms with Crippen LogP contribution in [0.4, 0.5) is 4.79 Å². The highest BCUT2D eigenvalue weighted by Crippen LogP contribution is 2.05. The van der Waals surface area contributed by atoms with Gasteiger partial charge in [-0.3, -0.25) is 5.43 Å². The number of hydrazine groups is 1. The third kappa shape index (κ3) is 9.49. The number of hydrogen-bond donors (Lipinski definition) is 2. The summed E-state index contributed by atoms with van der Waals surface area (Å²) in [6.45, 7) is 8.78. The zero-order chi connectivity index (χ0) is 11.9. The molecule has 0 radical (unpaired) electrons. The molecule has 0 saturated heterocycles. The highest BCUT2D eigenvalue weighted by atomic mass is 16.6. The van der Waals surface area contributed by atoms with Gasteiger partial charge in [0, 0.05) is 13.7 Å². The fourth-order valence-corrected chi connectivity index (χ4v) is 0.944. The minimum Gasteiger partial charge on any atom is -0.443 e. The van der Waals surface area contributed by atoms with Crippen LogP contribution in [-0.2, 0) is 9.47 Å². The first-order valence-corrected chi connectivity index (χ1v) is 5.06. The van der Waals surface area contributed by atoms with Gasteiger partial charge in [0.2, 0.25) is 0 Å².